The molecule has 5 nitrogen and oxygen atoms in total. The maximum absolute atomic E-state index is 12.9. The van der Waals surface area contributed by atoms with Crippen LogP contribution in [0.25, 0.3) is 0 Å². The molecule has 0 saturated heterocycles. The van der Waals surface area contributed by atoms with E-state index in [0.29, 0.717) is 12.1 Å². The van der Waals surface area contributed by atoms with Crippen molar-refractivity contribution in [1.29, 1.82) is 0 Å². The van der Waals surface area contributed by atoms with Crippen molar-refractivity contribution in [3.05, 3.63) is 47.3 Å². The number of hydrogen-bond donors (Lipinski definition) is 2. The molecule has 0 unspecified atom stereocenters. The second-order valence-electron chi connectivity index (χ2n) is 4.82. The van der Waals surface area contributed by atoms with Gasteiger partial charge in [0.25, 0.3) is 5.95 Å². The van der Waals surface area contributed by atoms with Crippen LogP contribution >= 0.6 is 0 Å². The number of benzene rings is 1. The van der Waals surface area contributed by atoms with Gasteiger partial charge in [-0.25, -0.2) is 9.97 Å². The van der Waals surface area contributed by atoms with E-state index >= 15 is 0 Å². The fourth-order valence-electron chi connectivity index (χ4n) is 1.96. The van der Waals surface area contributed by atoms with E-state index in [9.17, 15) is 13.2 Å². The summed E-state index contributed by atoms with van der Waals surface area (Å²) in [5, 5.41) is 2.45. The Morgan fingerprint density at radius 2 is 1.96 bits per heavy atom. The summed E-state index contributed by atoms with van der Waals surface area (Å²) >= 11 is 0. The zero-order chi connectivity index (χ0) is 17.0. The number of aromatic nitrogens is 2. The molecular formula is C15H16F3N5. The second kappa shape index (κ2) is 6.64. The molecule has 0 amide bonds. The highest BCUT2D eigenvalue weighted by Crippen LogP contribution is 2.34. The summed E-state index contributed by atoms with van der Waals surface area (Å²) in [6.45, 7) is 3.71. The molecule has 0 aliphatic carbocycles. The summed E-state index contributed by atoms with van der Waals surface area (Å²) in [6.07, 6.45) is -3.80. The Morgan fingerprint density at radius 3 is 2.61 bits per heavy atom. The summed E-state index contributed by atoms with van der Waals surface area (Å²) < 4.78 is 38.8. The lowest BCUT2D eigenvalue weighted by atomic mass is 10.1. The Kier molecular flexibility index (Phi) is 4.83. The zero-order valence-corrected chi connectivity index (χ0v) is 12.6. The van der Waals surface area contributed by atoms with Crippen LogP contribution < -0.4 is 11.1 Å². The van der Waals surface area contributed by atoms with E-state index in [2.05, 4.69) is 20.3 Å². The van der Waals surface area contributed by atoms with Crippen LogP contribution in [0.3, 0.4) is 0 Å². The highest BCUT2D eigenvalue weighted by Gasteiger charge is 2.33. The fraction of sp³-hybridized carbons (Fsp3) is 0.267. The number of aryl methyl sites for hydroxylation is 2. The number of anilines is 1. The number of hydrogen-bond acceptors (Lipinski definition) is 3. The van der Waals surface area contributed by atoms with Gasteiger partial charge in [-0.3, -0.25) is 0 Å². The third-order valence-corrected chi connectivity index (χ3v) is 2.97. The Morgan fingerprint density at radius 1 is 1.26 bits per heavy atom. The summed E-state index contributed by atoms with van der Waals surface area (Å²) in [4.78, 5) is 12.2. The molecule has 0 radical (unpaired) electrons. The average Bonchev–Trinajstić information content (AvgIpc) is 2.45. The second-order valence-corrected chi connectivity index (χ2v) is 4.82. The minimum absolute atomic E-state index is 0.108. The van der Waals surface area contributed by atoms with Gasteiger partial charge in [0.1, 0.15) is 0 Å². The summed E-state index contributed by atoms with van der Waals surface area (Å²) in [6, 6.07) is 6.83. The van der Waals surface area contributed by atoms with Gasteiger partial charge in [-0.1, -0.05) is 19.1 Å². The van der Waals surface area contributed by atoms with Gasteiger partial charge in [0, 0.05) is 11.4 Å². The number of halogens is 3. The van der Waals surface area contributed by atoms with Crippen molar-refractivity contribution in [1.82, 2.24) is 9.97 Å². The van der Waals surface area contributed by atoms with E-state index in [0.717, 1.165) is 11.8 Å². The van der Waals surface area contributed by atoms with Gasteiger partial charge in [-0.05, 0) is 31.5 Å². The first-order chi connectivity index (χ1) is 10.8. The number of para-hydroxylation sites is 1. The number of rotatable bonds is 3. The molecule has 23 heavy (non-hydrogen) atoms. The number of nitrogens with zero attached hydrogens (tertiary/aromatic N) is 3. The van der Waals surface area contributed by atoms with Crippen molar-refractivity contribution in [2.75, 3.05) is 5.32 Å². The lowest BCUT2D eigenvalue weighted by Gasteiger charge is -2.13. The maximum Gasteiger partial charge on any atom is 0.418 e. The Bertz CT molecular complexity index is 725. The van der Waals surface area contributed by atoms with Crippen molar-refractivity contribution in [3.63, 3.8) is 0 Å². The van der Waals surface area contributed by atoms with Crippen molar-refractivity contribution in [2.45, 2.75) is 26.4 Å². The smallest absolute Gasteiger partial charge is 0.369 e. The quantitative estimate of drug-likeness (QED) is 0.670. The molecule has 0 spiro atoms. The van der Waals surface area contributed by atoms with E-state index in [-0.39, 0.29) is 17.6 Å². The number of nitrogens with one attached hydrogen (secondary N) is 1. The summed E-state index contributed by atoms with van der Waals surface area (Å²) in [5.74, 6) is -0.106. The highest BCUT2D eigenvalue weighted by atomic mass is 19.4. The van der Waals surface area contributed by atoms with E-state index in [1.165, 1.54) is 18.2 Å². The molecule has 0 aliphatic rings. The molecular weight excluding hydrogens is 307 g/mol. The van der Waals surface area contributed by atoms with Crippen molar-refractivity contribution >= 4 is 17.6 Å². The molecule has 0 atom stereocenters. The third-order valence-electron chi connectivity index (χ3n) is 2.97. The largest absolute Gasteiger partial charge is 0.418 e. The van der Waals surface area contributed by atoms with Gasteiger partial charge in [0.05, 0.1) is 11.3 Å². The van der Waals surface area contributed by atoms with Gasteiger partial charge >= 0.3 is 6.18 Å². The molecule has 2 aromatic rings. The molecule has 0 saturated carbocycles. The van der Waals surface area contributed by atoms with E-state index < -0.39 is 11.7 Å². The Balaban J connectivity index is 2.29. The van der Waals surface area contributed by atoms with Gasteiger partial charge in [-0.2, -0.15) is 18.2 Å². The lowest BCUT2D eigenvalue weighted by Crippen LogP contribution is -2.24. The molecule has 122 valence electrons. The average molecular weight is 323 g/mol. The summed E-state index contributed by atoms with van der Waals surface area (Å²) in [7, 11) is 0. The number of aliphatic imine (C=N–C) groups is 1. The van der Waals surface area contributed by atoms with Crippen LogP contribution in [0.4, 0.5) is 24.8 Å². The van der Waals surface area contributed by atoms with E-state index in [4.69, 9.17) is 5.73 Å². The monoisotopic (exact) mass is 323 g/mol. The van der Waals surface area contributed by atoms with Gasteiger partial charge in [-0.15, -0.1) is 0 Å². The zero-order valence-electron chi connectivity index (χ0n) is 12.6. The first-order valence-corrected chi connectivity index (χ1v) is 6.91. The van der Waals surface area contributed by atoms with Crippen molar-refractivity contribution < 1.29 is 13.2 Å². The standard InChI is InChI=1S/C15H16F3N5/c1-3-10-8-9(2)20-14(21-10)23-13(19)22-12-7-5-4-6-11(12)15(16,17)18/h4-8H,3H2,1-2H3,(H3,19,20,21,22,23). The lowest BCUT2D eigenvalue weighted by molar-refractivity contribution is -0.136. The van der Waals surface area contributed by atoms with Crippen molar-refractivity contribution in [3.8, 4) is 0 Å². The maximum atomic E-state index is 12.9. The molecule has 2 rings (SSSR count). The minimum atomic E-state index is -4.49. The molecule has 1 heterocycles. The predicted octanol–water partition coefficient (Wildman–Crippen LogP) is 3.42. The van der Waals surface area contributed by atoms with Gasteiger partial charge < -0.3 is 11.1 Å². The first kappa shape index (κ1) is 16.7. The SMILES string of the molecule is CCc1cc(C)nc(/N=C(\N)Nc2ccccc2C(F)(F)F)n1. The van der Waals surface area contributed by atoms with Crippen LogP contribution in [0, 0.1) is 6.92 Å². The molecule has 1 aromatic heterocycles. The number of guanidine groups is 1. The topological polar surface area (TPSA) is 76.2 Å². The number of nitrogens with two attached hydrogens (primary N) is 1. The van der Waals surface area contributed by atoms with Gasteiger partial charge in [0.15, 0.2) is 0 Å². The van der Waals surface area contributed by atoms with E-state index in [1.807, 2.05) is 13.0 Å². The molecule has 0 fully saturated rings. The van der Waals surface area contributed by atoms with Crippen LogP contribution in [0.2, 0.25) is 0 Å². The van der Waals surface area contributed by atoms with Crippen LogP contribution in [-0.4, -0.2) is 15.9 Å². The highest BCUT2D eigenvalue weighted by molar-refractivity contribution is 5.94. The Labute approximate surface area is 131 Å². The molecule has 3 N–H and O–H groups in total. The molecule has 8 heteroatoms. The molecule has 0 aliphatic heterocycles. The molecule has 1 aromatic carbocycles. The predicted molar refractivity (Wildman–Crippen MR) is 82.5 cm³/mol. The fourth-order valence-corrected chi connectivity index (χ4v) is 1.96. The Hall–Kier alpha value is -2.64. The third kappa shape index (κ3) is 4.41. The van der Waals surface area contributed by atoms with Crippen LogP contribution in [-0.2, 0) is 12.6 Å². The van der Waals surface area contributed by atoms with E-state index in [1.54, 1.807) is 6.92 Å². The molecule has 0 bridgehead atoms. The van der Waals surface area contributed by atoms with Crippen LogP contribution in [0.15, 0.2) is 35.3 Å². The first-order valence-electron chi connectivity index (χ1n) is 6.91. The van der Waals surface area contributed by atoms with Crippen LogP contribution in [0.1, 0.15) is 23.9 Å². The normalized spacial score (nSPS) is 12.3. The number of alkyl halides is 3. The van der Waals surface area contributed by atoms with Crippen LogP contribution in [0.5, 0.6) is 0 Å². The van der Waals surface area contributed by atoms with Gasteiger partial charge in [0.2, 0.25) is 5.96 Å². The minimum Gasteiger partial charge on any atom is -0.369 e. The summed E-state index contributed by atoms with van der Waals surface area (Å²) in [5.41, 5.74) is 6.17. The van der Waals surface area contributed by atoms with Crippen molar-refractivity contribution in [2.24, 2.45) is 10.7 Å².